The second kappa shape index (κ2) is 4.05. The number of aliphatic carboxylic acids is 1. The molecule has 0 saturated heterocycles. The van der Waals surface area contributed by atoms with Crippen LogP contribution in [0.25, 0.3) is 0 Å². The molecule has 0 radical (unpaired) electrons. The Kier molecular flexibility index (Phi) is 3.03. The maximum Gasteiger partial charge on any atom is 0.325 e. The smallest absolute Gasteiger partial charge is 0.325 e. The molecule has 0 spiro atoms. The summed E-state index contributed by atoms with van der Waals surface area (Å²) < 4.78 is 0. The van der Waals surface area contributed by atoms with Gasteiger partial charge < -0.3 is 10.8 Å². The molecule has 0 fully saturated rings. The van der Waals surface area contributed by atoms with Crippen LogP contribution in [0.2, 0.25) is 0 Å². The zero-order valence-corrected chi connectivity index (χ0v) is 7.53. The van der Waals surface area contributed by atoms with E-state index in [2.05, 4.69) is 0 Å². The average molecular weight is 179 g/mol. The van der Waals surface area contributed by atoms with Crippen LogP contribution in [0.4, 0.5) is 0 Å². The Hall–Kier alpha value is -1.35. The van der Waals surface area contributed by atoms with Gasteiger partial charge >= 0.3 is 5.97 Å². The summed E-state index contributed by atoms with van der Waals surface area (Å²) in [5.74, 6) is -0.992. The van der Waals surface area contributed by atoms with Gasteiger partial charge in [-0.25, -0.2) is 0 Å². The summed E-state index contributed by atoms with van der Waals surface area (Å²) in [4.78, 5) is 10.6. The van der Waals surface area contributed by atoms with E-state index < -0.39 is 12.0 Å². The second-order valence-corrected chi connectivity index (χ2v) is 2.91. The number of rotatable bonds is 3. The standard InChI is InChI=1S/C10H13NO2/c1-2-7-4-3-5-8(6-7)9(11)10(12)13/h3-6,9H,2,11H2,1H3,(H,12,13). The van der Waals surface area contributed by atoms with Gasteiger partial charge in [-0.3, -0.25) is 4.79 Å². The fourth-order valence-corrected chi connectivity index (χ4v) is 1.15. The quantitative estimate of drug-likeness (QED) is 0.735. The second-order valence-electron chi connectivity index (χ2n) is 2.91. The summed E-state index contributed by atoms with van der Waals surface area (Å²) in [6, 6.07) is 6.44. The highest BCUT2D eigenvalue weighted by Crippen LogP contribution is 2.12. The van der Waals surface area contributed by atoms with E-state index in [-0.39, 0.29) is 0 Å². The van der Waals surface area contributed by atoms with Crippen molar-refractivity contribution in [3.8, 4) is 0 Å². The third-order valence-corrected chi connectivity index (χ3v) is 1.98. The van der Waals surface area contributed by atoms with Gasteiger partial charge in [-0.1, -0.05) is 31.2 Å². The van der Waals surface area contributed by atoms with E-state index >= 15 is 0 Å². The van der Waals surface area contributed by atoms with E-state index in [0.29, 0.717) is 5.56 Å². The molecule has 0 heterocycles. The lowest BCUT2D eigenvalue weighted by Gasteiger charge is -2.07. The van der Waals surface area contributed by atoms with Crippen LogP contribution < -0.4 is 5.73 Å². The zero-order chi connectivity index (χ0) is 9.84. The first-order valence-corrected chi connectivity index (χ1v) is 4.22. The van der Waals surface area contributed by atoms with Crippen molar-refractivity contribution in [2.45, 2.75) is 19.4 Å². The van der Waals surface area contributed by atoms with Gasteiger partial charge in [0.05, 0.1) is 0 Å². The Labute approximate surface area is 77.2 Å². The lowest BCUT2D eigenvalue weighted by Crippen LogP contribution is -2.20. The van der Waals surface area contributed by atoms with Gasteiger partial charge in [0.15, 0.2) is 0 Å². The maximum atomic E-state index is 10.6. The molecule has 3 N–H and O–H groups in total. The lowest BCUT2D eigenvalue weighted by atomic mass is 10.0. The molecule has 1 aromatic rings. The van der Waals surface area contributed by atoms with E-state index in [0.717, 1.165) is 12.0 Å². The summed E-state index contributed by atoms with van der Waals surface area (Å²) in [5.41, 5.74) is 7.23. The fraction of sp³-hybridized carbons (Fsp3) is 0.300. The summed E-state index contributed by atoms with van der Waals surface area (Å²) in [6.07, 6.45) is 0.889. The summed E-state index contributed by atoms with van der Waals surface area (Å²) in [5, 5.41) is 8.67. The molecule has 0 aliphatic carbocycles. The average Bonchev–Trinajstić information content (AvgIpc) is 2.16. The molecule has 13 heavy (non-hydrogen) atoms. The van der Waals surface area contributed by atoms with Crippen molar-refractivity contribution < 1.29 is 9.90 Å². The topological polar surface area (TPSA) is 63.3 Å². The summed E-state index contributed by atoms with van der Waals surface area (Å²) >= 11 is 0. The van der Waals surface area contributed by atoms with Crippen LogP contribution in [0.3, 0.4) is 0 Å². The predicted molar refractivity (Wildman–Crippen MR) is 50.4 cm³/mol. The highest BCUT2D eigenvalue weighted by Gasteiger charge is 2.13. The van der Waals surface area contributed by atoms with Crippen molar-refractivity contribution in [3.63, 3.8) is 0 Å². The van der Waals surface area contributed by atoms with Crippen LogP contribution in [-0.2, 0) is 11.2 Å². The Morgan fingerprint density at radius 2 is 2.31 bits per heavy atom. The van der Waals surface area contributed by atoms with Crippen molar-refractivity contribution in [1.82, 2.24) is 0 Å². The zero-order valence-electron chi connectivity index (χ0n) is 7.53. The normalized spacial score (nSPS) is 12.5. The first-order chi connectivity index (χ1) is 6.15. The number of aryl methyl sites for hydroxylation is 1. The molecule has 0 aliphatic heterocycles. The van der Waals surface area contributed by atoms with Gasteiger partial charge in [-0.2, -0.15) is 0 Å². The van der Waals surface area contributed by atoms with Crippen LogP contribution in [0.1, 0.15) is 24.1 Å². The van der Waals surface area contributed by atoms with Crippen LogP contribution in [-0.4, -0.2) is 11.1 Å². The Bertz CT molecular complexity index is 310. The van der Waals surface area contributed by atoms with E-state index in [1.54, 1.807) is 6.07 Å². The lowest BCUT2D eigenvalue weighted by molar-refractivity contribution is -0.138. The van der Waals surface area contributed by atoms with Gasteiger partial charge in [-0.15, -0.1) is 0 Å². The van der Waals surface area contributed by atoms with E-state index in [9.17, 15) is 4.79 Å². The first kappa shape index (κ1) is 9.74. The molecular weight excluding hydrogens is 166 g/mol. The Morgan fingerprint density at radius 1 is 1.62 bits per heavy atom. The van der Waals surface area contributed by atoms with Gasteiger partial charge in [-0.05, 0) is 17.5 Å². The van der Waals surface area contributed by atoms with Crippen molar-refractivity contribution in [3.05, 3.63) is 35.4 Å². The Morgan fingerprint density at radius 3 is 2.85 bits per heavy atom. The van der Waals surface area contributed by atoms with Crippen molar-refractivity contribution >= 4 is 5.97 Å². The van der Waals surface area contributed by atoms with Crippen LogP contribution >= 0.6 is 0 Å². The number of hydrogen-bond acceptors (Lipinski definition) is 2. The number of carboxylic acids is 1. The number of nitrogens with two attached hydrogens (primary N) is 1. The van der Waals surface area contributed by atoms with Gasteiger partial charge in [0.1, 0.15) is 6.04 Å². The van der Waals surface area contributed by atoms with Gasteiger partial charge in [0.25, 0.3) is 0 Å². The molecule has 1 unspecified atom stereocenters. The molecule has 1 aromatic carbocycles. The molecule has 0 bridgehead atoms. The number of carbonyl (C=O) groups is 1. The predicted octanol–water partition coefficient (Wildman–Crippen LogP) is 1.33. The molecule has 1 atom stereocenters. The third-order valence-electron chi connectivity index (χ3n) is 1.98. The molecule has 1 rings (SSSR count). The van der Waals surface area contributed by atoms with Crippen molar-refractivity contribution in [1.29, 1.82) is 0 Å². The number of hydrogen-bond donors (Lipinski definition) is 2. The highest BCUT2D eigenvalue weighted by molar-refractivity contribution is 5.75. The molecule has 0 saturated carbocycles. The molecule has 0 aromatic heterocycles. The monoisotopic (exact) mass is 179 g/mol. The minimum Gasteiger partial charge on any atom is -0.480 e. The molecular formula is C10H13NO2. The van der Waals surface area contributed by atoms with Crippen molar-refractivity contribution in [2.24, 2.45) is 5.73 Å². The highest BCUT2D eigenvalue weighted by atomic mass is 16.4. The van der Waals surface area contributed by atoms with Crippen LogP contribution in [0.5, 0.6) is 0 Å². The first-order valence-electron chi connectivity index (χ1n) is 4.22. The molecule has 0 amide bonds. The molecule has 3 nitrogen and oxygen atoms in total. The van der Waals surface area contributed by atoms with Crippen LogP contribution in [0, 0.1) is 0 Å². The fourth-order valence-electron chi connectivity index (χ4n) is 1.15. The van der Waals surface area contributed by atoms with Crippen LogP contribution in [0.15, 0.2) is 24.3 Å². The molecule has 3 heteroatoms. The molecule has 0 aliphatic rings. The van der Waals surface area contributed by atoms with Gasteiger partial charge in [0.2, 0.25) is 0 Å². The number of carboxylic acid groups (broad SMARTS) is 1. The van der Waals surface area contributed by atoms with E-state index in [1.165, 1.54) is 0 Å². The third kappa shape index (κ3) is 2.29. The maximum absolute atomic E-state index is 10.6. The largest absolute Gasteiger partial charge is 0.480 e. The summed E-state index contributed by atoms with van der Waals surface area (Å²) in [7, 11) is 0. The number of benzene rings is 1. The molecule has 70 valence electrons. The Balaban J connectivity index is 2.94. The van der Waals surface area contributed by atoms with Crippen molar-refractivity contribution in [2.75, 3.05) is 0 Å². The SMILES string of the molecule is CCc1cccc(C(N)C(=O)O)c1. The van der Waals surface area contributed by atoms with E-state index in [1.807, 2.05) is 25.1 Å². The minimum atomic E-state index is -0.992. The summed E-state index contributed by atoms with van der Waals surface area (Å²) in [6.45, 7) is 2.02. The van der Waals surface area contributed by atoms with E-state index in [4.69, 9.17) is 10.8 Å². The van der Waals surface area contributed by atoms with Gasteiger partial charge in [0, 0.05) is 0 Å². The minimum absolute atomic E-state index is 0.659.